The number of halogens is 1. The van der Waals surface area contributed by atoms with Crippen LogP contribution in [0.3, 0.4) is 0 Å². The molecule has 0 N–H and O–H groups in total. The van der Waals surface area contributed by atoms with Gasteiger partial charge in [0.05, 0.1) is 11.3 Å². The molecule has 0 aromatic heterocycles. The molecule has 5 fully saturated rings. The first-order valence-corrected chi connectivity index (χ1v) is 12.8. The first-order chi connectivity index (χ1) is 17.5. The summed E-state index contributed by atoms with van der Waals surface area (Å²) in [5.74, 6) is -4.24. The fourth-order valence-corrected chi connectivity index (χ4v) is 8.19. The highest BCUT2D eigenvalue weighted by molar-refractivity contribution is 6.16. The van der Waals surface area contributed by atoms with E-state index in [2.05, 4.69) is 6.58 Å². The minimum Gasteiger partial charge on any atom is -0.465 e. The van der Waals surface area contributed by atoms with Gasteiger partial charge in [0.25, 0.3) is 0 Å². The number of hydrogen-bond donors (Lipinski definition) is 0. The molecule has 0 radical (unpaired) electrons. The quantitative estimate of drug-likeness (QED) is 0.265. The van der Waals surface area contributed by atoms with E-state index in [-0.39, 0.29) is 18.1 Å². The number of carbonyl (C=O) groups is 4. The van der Waals surface area contributed by atoms with Gasteiger partial charge in [0.15, 0.2) is 11.2 Å². The Balaban J connectivity index is 1.40. The van der Waals surface area contributed by atoms with E-state index in [4.69, 9.17) is 14.2 Å². The van der Waals surface area contributed by atoms with Crippen LogP contribution in [0.25, 0.3) is 6.08 Å². The highest BCUT2D eigenvalue weighted by atomic mass is 19.1. The maximum atomic E-state index is 13.9. The fourth-order valence-electron chi connectivity index (χ4n) is 8.19. The van der Waals surface area contributed by atoms with Crippen molar-refractivity contribution in [1.29, 1.82) is 0 Å². The van der Waals surface area contributed by atoms with Crippen molar-refractivity contribution in [2.45, 2.75) is 51.7 Å². The van der Waals surface area contributed by atoms with E-state index in [9.17, 15) is 23.6 Å². The molecule has 0 amide bonds. The molecule has 2 spiro atoms. The Morgan fingerprint density at radius 1 is 1.14 bits per heavy atom. The van der Waals surface area contributed by atoms with Crippen LogP contribution in [0.2, 0.25) is 0 Å². The smallest absolute Gasteiger partial charge is 0.331 e. The first-order valence-electron chi connectivity index (χ1n) is 12.8. The third-order valence-corrected chi connectivity index (χ3v) is 9.68. The van der Waals surface area contributed by atoms with Gasteiger partial charge in [-0.2, -0.15) is 0 Å². The van der Waals surface area contributed by atoms with Crippen molar-refractivity contribution < 1.29 is 37.8 Å². The first kappa shape index (κ1) is 24.1. The SMILES string of the molecule is C=C1C(=O)[C@@]23C(=O)O[C@H]4CCC(C)(C)[C@H]5C(=O)OC[C@@]45[C@@H]2CC[C@@H]1[C@H]3OC(=O)C=Cc1ccc(F)cc1. The Morgan fingerprint density at radius 2 is 1.86 bits per heavy atom. The lowest BCUT2D eigenvalue weighted by Gasteiger charge is -2.61. The number of cyclic esters (lactones) is 1. The normalized spacial score (nSPS) is 39.5. The third-order valence-electron chi connectivity index (χ3n) is 9.68. The van der Waals surface area contributed by atoms with Crippen molar-refractivity contribution in [3.05, 3.63) is 53.9 Å². The molecule has 5 aliphatic rings. The zero-order valence-corrected chi connectivity index (χ0v) is 20.8. The Hall–Kier alpha value is -3.29. The minimum atomic E-state index is -1.75. The van der Waals surface area contributed by atoms with Gasteiger partial charge < -0.3 is 14.2 Å². The van der Waals surface area contributed by atoms with E-state index in [1.54, 1.807) is 0 Å². The van der Waals surface area contributed by atoms with Crippen LogP contribution in [-0.4, -0.2) is 42.5 Å². The van der Waals surface area contributed by atoms with E-state index >= 15 is 0 Å². The highest BCUT2D eigenvalue weighted by Gasteiger charge is 2.81. The van der Waals surface area contributed by atoms with Crippen LogP contribution in [-0.2, 0) is 33.4 Å². The summed E-state index contributed by atoms with van der Waals surface area (Å²) in [6, 6.07) is 5.59. The predicted molar refractivity (Wildman–Crippen MR) is 128 cm³/mol. The summed E-state index contributed by atoms with van der Waals surface area (Å²) < 4.78 is 30.8. The van der Waals surface area contributed by atoms with Gasteiger partial charge in [-0.15, -0.1) is 0 Å². The van der Waals surface area contributed by atoms with E-state index in [1.165, 1.54) is 36.4 Å². The molecule has 2 heterocycles. The van der Waals surface area contributed by atoms with Crippen molar-refractivity contribution in [3.63, 3.8) is 0 Å². The number of carbonyl (C=O) groups excluding carboxylic acids is 4. The molecule has 194 valence electrons. The van der Waals surface area contributed by atoms with E-state index < -0.39 is 69.7 Å². The summed E-state index contributed by atoms with van der Waals surface area (Å²) in [5.41, 5.74) is -2.18. The van der Waals surface area contributed by atoms with Crippen LogP contribution >= 0.6 is 0 Å². The zero-order chi connectivity index (χ0) is 26.3. The molecule has 3 saturated carbocycles. The Bertz CT molecular complexity index is 1260. The molecule has 2 bridgehead atoms. The van der Waals surface area contributed by atoms with Gasteiger partial charge in [-0.1, -0.05) is 32.6 Å². The summed E-state index contributed by atoms with van der Waals surface area (Å²) >= 11 is 0. The molecule has 1 aromatic rings. The minimum absolute atomic E-state index is 0.0693. The van der Waals surface area contributed by atoms with Crippen molar-refractivity contribution in [2.24, 2.45) is 34.0 Å². The van der Waals surface area contributed by atoms with Gasteiger partial charge in [-0.3, -0.25) is 14.4 Å². The standard InChI is InChI=1S/C29H29FO7/c1-15-18-9-10-19-28-14-35-25(33)22(28)27(2,3)13-12-20(28)36-26(34)29(19,23(15)32)24(18)37-21(31)11-6-16-4-7-17(30)8-5-16/h4-8,11,18-20,22,24H,1,9-10,12-14H2,2-3H3/t18-,19-,20-,22+,24+,28+,29-/m0/s1. The molecule has 0 unspecified atom stereocenters. The number of Topliss-reactive ketones (excluding diaryl/α,β-unsaturated/α-hetero) is 1. The maximum Gasteiger partial charge on any atom is 0.331 e. The van der Waals surface area contributed by atoms with Crippen LogP contribution in [0.5, 0.6) is 0 Å². The van der Waals surface area contributed by atoms with Crippen molar-refractivity contribution in [3.8, 4) is 0 Å². The second-order valence-corrected chi connectivity index (χ2v) is 11.8. The van der Waals surface area contributed by atoms with Gasteiger partial charge >= 0.3 is 17.9 Å². The van der Waals surface area contributed by atoms with E-state index in [0.717, 1.165) is 0 Å². The van der Waals surface area contributed by atoms with Crippen LogP contribution in [0.4, 0.5) is 4.39 Å². The van der Waals surface area contributed by atoms with Crippen molar-refractivity contribution in [1.82, 2.24) is 0 Å². The molecule has 2 saturated heterocycles. The second-order valence-electron chi connectivity index (χ2n) is 11.8. The Labute approximate surface area is 214 Å². The van der Waals surface area contributed by atoms with Gasteiger partial charge in [0, 0.05) is 12.0 Å². The number of ether oxygens (including phenoxy) is 3. The van der Waals surface area contributed by atoms with Gasteiger partial charge in [-0.05, 0) is 66.4 Å². The number of hydrogen-bond acceptors (Lipinski definition) is 7. The Morgan fingerprint density at radius 3 is 2.59 bits per heavy atom. The summed E-state index contributed by atoms with van der Waals surface area (Å²) in [7, 11) is 0. The number of ketones is 1. The molecular weight excluding hydrogens is 479 g/mol. The summed E-state index contributed by atoms with van der Waals surface area (Å²) in [6.07, 6.45) is 3.31. The number of benzene rings is 1. The predicted octanol–water partition coefficient (Wildman–Crippen LogP) is 3.81. The largest absolute Gasteiger partial charge is 0.465 e. The van der Waals surface area contributed by atoms with Crippen LogP contribution in [0.15, 0.2) is 42.5 Å². The molecular formula is C29H29FO7. The molecule has 37 heavy (non-hydrogen) atoms. The lowest BCUT2D eigenvalue weighted by Crippen LogP contribution is -2.71. The highest BCUT2D eigenvalue weighted by Crippen LogP contribution is 2.71. The average Bonchev–Trinajstić information content (AvgIpc) is 3.27. The fraction of sp³-hybridized carbons (Fsp3) is 0.517. The topological polar surface area (TPSA) is 96.0 Å². The van der Waals surface area contributed by atoms with Gasteiger partial charge in [0.2, 0.25) is 0 Å². The van der Waals surface area contributed by atoms with Crippen LogP contribution in [0.1, 0.15) is 45.1 Å². The third kappa shape index (κ3) is 3.04. The van der Waals surface area contributed by atoms with Gasteiger partial charge in [0.1, 0.15) is 24.6 Å². The summed E-state index contributed by atoms with van der Waals surface area (Å²) in [4.78, 5) is 53.8. The molecule has 6 rings (SSSR count). The summed E-state index contributed by atoms with van der Waals surface area (Å²) in [6.45, 7) is 8.09. The summed E-state index contributed by atoms with van der Waals surface area (Å²) in [5, 5.41) is 0. The number of fused-ring (bicyclic) bond motifs is 1. The van der Waals surface area contributed by atoms with Gasteiger partial charge in [-0.25, -0.2) is 9.18 Å². The molecule has 7 atom stereocenters. The van der Waals surface area contributed by atoms with Crippen molar-refractivity contribution >= 4 is 29.8 Å². The van der Waals surface area contributed by atoms with Crippen molar-refractivity contribution in [2.75, 3.05) is 6.61 Å². The monoisotopic (exact) mass is 508 g/mol. The zero-order valence-electron chi connectivity index (χ0n) is 20.8. The van der Waals surface area contributed by atoms with E-state index in [1.807, 2.05) is 13.8 Å². The molecule has 8 heteroatoms. The average molecular weight is 509 g/mol. The number of rotatable bonds is 3. The van der Waals surface area contributed by atoms with E-state index in [0.29, 0.717) is 31.2 Å². The van der Waals surface area contributed by atoms with Crippen LogP contribution < -0.4 is 0 Å². The second kappa shape index (κ2) is 7.85. The molecule has 7 nitrogen and oxygen atoms in total. The lowest BCUT2D eigenvalue weighted by atomic mass is 9.43. The maximum absolute atomic E-state index is 13.9. The Kier molecular flexibility index (Phi) is 5.11. The van der Waals surface area contributed by atoms with Crippen LogP contribution in [0, 0.1) is 39.8 Å². The number of esters is 3. The lowest BCUT2D eigenvalue weighted by molar-refractivity contribution is -0.246. The molecule has 2 aliphatic heterocycles. The molecule has 3 aliphatic carbocycles. The molecule has 1 aromatic carbocycles.